The van der Waals surface area contributed by atoms with E-state index in [-0.39, 0.29) is 11.7 Å². The summed E-state index contributed by atoms with van der Waals surface area (Å²) in [5.41, 5.74) is 6.48. The van der Waals surface area contributed by atoms with Gasteiger partial charge in [-0.2, -0.15) is 5.10 Å². The summed E-state index contributed by atoms with van der Waals surface area (Å²) >= 11 is 0. The van der Waals surface area contributed by atoms with Gasteiger partial charge in [0.1, 0.15) is 12.4 Å². The first-order valence-electron chi connectivity index (χ1n) is 8.50. The van der Waals surface area contributed by atoms with Gasteiger partial charge in [-0.25, -0.2) is 5.43 Å². The number of aryl methyl sites for hydroxylation is 1. The number of nitrogens with one attached hydrogen (secondary N) is 1. The molecular formula is C21H21N3O3. The molecule has 27 heavy (non-hydrogen) atoms. The largest absolute Gasteiger partial charge is 0.490 e. The molecule has 0 radical (unpaired) electrons. The summed E-state index contributed by atoms with van der Waals surface area (Å²) in [4.78, 5) is 11.8. The number of carbonyl (C=O) groups is 1. The number of benzene rings is 1. The molecule has 138 valence electrons. The van der Waals surface area contributed by atoms with Crippen LogP contribution in [-0.2, 0) is 0 Å². The SMILES string of the molecule is C=CCOc1ccc(-n2c(C)cc(/C=N\NC(=O)c3ccco3)c2C)cc1. The van der Waals surface area contributed by atoms with Gasteiger partial charge in [-0.3, -0.25) is 4.79 Å². The minimum atomic E-state index is -0.389. The van der Waals surface area contributed by atoms with Gasteiger partial charge in [0.25, 0.3) is 0 Å². The topological polar surface area (TPSA) is 68.8 Å². The number of aromatic nitrogens is 1. The molecule has 2 heterocycles. The Morgan fingerprint density at radius 3 is 2.74 bits per heavy atom. The van der Waals surface area contributed by atoms with E-state index in [4.69, 9.17) is 9.15 Å². The zero-order valence-corrected chi connectivity index (χ0v) is 15.3. The van der Waals surface area contributed by atoms with E-state index < -0.39 is 0 Å². The Kier molecular flexibility index (Phi) is 5.56. The Hall–Kier alpha value is -3.54. The zero-order chi connectivity index (χ0) is 19.2. The molecule has 1 N–H and O–H groups in total. The number of rotatable bonds is 7. The van der Waals surface area contributed by atoms with Crippen molar-refractivity contribution in [3.63, 3.8) is 0 Å². The Balaban J connectivity index is 1.75. The predicted molar refractivity (Wildman–Crippen MR) is 105 cm³/mol. The second-order valence-corrected chi connectivity index (χ2v) is 5.93. The van der Waals surface area contributed by atoms with Gasteiger partial charge in [0, 0.05) is 22.6 Å². The summed E-state index contributed by atoms with van der Waals surface area (Å²) in [5, 5.41) is 4.03. The number of amides is 1. The molecule has 3 rings (SSSR count). The summed E-state index contributed by atoms with van der Waals surface area (Å²) in [6, 6.07) is 13.1. The molecule has 0 atom stereocenters. The number of hydrogen-bond donors (Lipinski definition) is 1. The highest BCUT2D eigenvalue weighted by Crippen LogP contribution is 2.22. The van der Waals surface area contributed by atoms with Crippen molar-refractivity contribution < 1.29 is 13.9 Å². The van der Waals surface area contributed by atoms with Gasteiger partial charge < -0.3 is 13.7 Å². The van der Waals surface area contributed by atoms with Crippen LogP contribution in [0.25, 0.3) is 5.69 Å². The van der Waals surface area contributed by atoms with Gasteiger partial charge in [0.2, 0.25) is 0 Å². The Labute approximate surface area is 157 Å². The van der Waals surface area contributed by atoms with Crippen molar-refractivity contribution in [2.75, 3.05) is 6.61 Å². The van der Waals surface area contributed by atoms with Crippen LogP contribution in [0.5, 0.6) is 5.75 Å². The van der Waals surface area contributed by atoms with E-state index in [1.165, 1.54) is 6.26 Å². The van der Waals surface area contributed by atoms with E-state index in [0.29, 0.717) is 6.61 Å². The first-order chi connectivity index (χ1) is 13.1. The quantitative estimate of drug-likeness (QED) is 0.392. The van der Waals surface area contributed by atoms with E-state index >= 15 is 0 Å². The van der Waals surface area contributed by atoms with Crippen molar-refractivity contribution in [3.05, 3.63) is 84.1 Å². The molecule has 0 fully saturated rings. The third-order valence-corrected chi connectivity index (χ3v) is 4.05. The molecule has 0 saturated carbocycles. The second kappa shape index (κ2) is 8.23. The van der Waals surface area contributed by atoms with Crippen molar-refractivity contribution >= 4 is 12.1 Å². The summed E-state index contributed by atoms with van der Waals surface area (Å²) in [6.07, 6.45) is 4.78. The lowest BCUT2D eigenvalue weighted by atomic mass is 10.2. The minimum absolute atomic E-state index is 0.219. The molecule has 1 amide bonds. The maximum Gasteiger partial charge on any atom is 0.307 e. The van der Waals surface area contributed by atoms with Gasteiger partial charge in [-0.1, -0.05) is 12.7 Å². The van der Waals surface area contributed by atoms with E-state index in [9.17, 15) is 4.79 Å². The average Bonchev–Trinajstić information content (AvgIpc) is 3.29. The van der Waals surface area contributed by atoms with Crippen molar-refractivity contribution in [2.24, 2.45) is 5.10 Å². The Bertz CT molecular complexity index is 951. The van der Waals surface area contributed by atoms with Gasteiger partial charge >= 0.3 is 5.91 Å². The van der Waals surface area contributed by atoms with E-state index in [1.54, 1.807) is 24.4 Å². The third-order valence-electron chi connectivity index (χ3n) is 4.05. The van der Waals surface area contributed by atoms with Crippen molar-refractivity contribution in [1.29, 1.82) is 0 Å². The average molecular weight is 363 g/mol. The molecule has 6 heteroatoms. The van der Waals surface area contributed by atoms with Crippen LogP contribution in [0.15, 0.2) is 70.9 Å². The fourth-order valence-electron chi connectivity index (χ4n) is 2.79. The van der Waals surface area contributed by atoms with Gasteiger partial charge in [-0.05, 0) is 56.3 Å². The molecule has 0 aliphatic carbocycles. The van der Waals surface area contributed by atoms with Gasteiger partial charge in [0.05, 0.1) is 12.5 Å². The predicted octanol–water partition coefficient (Wildman–Crippen LogP) is 4.02. The standard InChI is InChI=1S/C21H21N3O3/c1-4-11-26-19-9-7-18(8-10-19)24-15(2)13-17(16(24)3)14-22-23-21(25)20-6-5-12-27-20/h4-10,12-14H,1,11H2,2-3H3,(H,23,25)/b22-14-. The minimum Gasteiger partial charge on any atom is -0.490 e. The smallest absolute Gasteiger partial charge is 0.307 e. The number of hydrazone groups is 1. The van der Waals surface area contributed by atoms with Crippen LogP contribution >= 0.6 is 0 Å². The first kappa shape index (κ1) is 18.3. The second-order valence-electron chi connectivity index (χ2n) is 5.93. The highest BCUT2D eigenvalue weighted by Gasteiger charge is 2.10. The van der Waals surface area contributed by atoms with Crippen molar-refractivity contribution in [1.82, 2.24) is 9.99 Å². The maximum atomic E-state index is 11.8. The summed E-state index contributed by atoms with van der Waals surface area (Å²) in [5.74, 6) is 0.625. The number of carbonyl (C=O) groups excluding carboxylic acids is 1. The highest BCUT2D eigenvalue weighted by molar-refractivity contribution is 5.92. The van der Waals surface area contributed by atoms with Gasteiger partial charge in [0.15, 0.2) is 5.76 Å². The molecule has 0 unspecified atom stereocenters. The maximum absolute atomic E-state index is 11.8. The van der Waals surface area contributed by atoms with Crippen LogP contribution < -0.4 is 10.2 Å². The van der Waals surface area contributed by atoms with E-state index in [2.05, 4.69) is 21.7 Å². The van der Waals surface area contributed by atoms with Crippen LogP contribution in [0.4, 0.5) is 0 Å². The molecule has 6 nitrogen and oxygen atoms in total. The van der Waals surface area contributed by atoms with Crippen LogP contribution in [0.1, 0.15) is 27.5 Å². The van der Waals surface area contributed by atoms with E-state index in [1.807, 2.05) is 44.2 Å². The number of furan rings is 1. The molecule has 1 aromatic carbocycles. The Morgan fingerprint density at radius 1 is 1.30 bits per heavy atom. The molecule has 2 aromatic heterocycles. The lowest BCUT2D eigenvalue weighted by Gasteiger charge is -2.11. The molecule has 0 spiro atoms. The summed E-state index contributed by atoms with van der Waals surface area (Å²) < 4.78 is 12.7. The highest BCUT2D eigenvalue weighted by atomic mass is 16.5. The van der Waals surface area contributed by atoms with E-state index in [0.717, 1.165) is 28.4 Å². The molecule has 0 aliphatic rings. The lowest BCUT2D eigenvalue weighted by molar-refractivity contribution is 0.0927. The van der Waals surface area contributed by atoms with Crippen LogP contribution in [-0.4, -0.2) is 23.3 Å². The lowest BCUT2D eigenvalue weighted by Crippen LogP contribution is -2.16. The van der Waals surface area contributed by atoms with Crippen molar-refractivity contribution in [2.45, 2.75) is 13.8 Å². The number of nitrogens with zero attached hydrogens (tertiary/aromatic N) is 2. The van der Waals surface area contributed by atoms with Crippen molar-refractivity contribution in [3.8, 4) is 11.4 Å². The molecule has 0 saturated heterocycles. The normalized spacial score (nSPS) is 10.9. The fourth-order valence-corrected chi connectivity index (χ4v) is 2.79. The molecular weight excluding hydrogens is 342 g/mol. The molecule has 0 bridgehead atoms. The molecule has 0 aliphatic heterocycles. The van der Waals surface area contributed by atoms with Gasteiger partial charge in [-0.15, -0.1) is 0 Å². The fraction of sp³-hybridized carbons (Fsp3) is 0.143. The van der Waals surface area contributed by atoms with Crippen LogP contribution in [0.3, 0.4) is 0 Å². The third kappa shape index (κ3) is 4.17. The van der Waals surface area contributed by atoms with Crippen LogP contribution in [0.2, 0.25) is 0 Å². The first-order valence-corrected chi connectivity index (χ1v) is 8.50. The zero-order valence-electron chi connectivity index (χ0n) is 15.3. The Morgan fingerprint density at radius 2 is 2.07 bits per heavy atom. The molecule has 3 aromatic rings. The summed E-state index contributed by atoms with van der Waals surface area (Å²) in [6.45, 7) is 8.15. The number of hydrogen-bond acceptors (Lipinski definition) is 4. The summed E-state index contributed by atoms with van der Waals surface area (Å²) in [7, 11) is 0. The monoisotopic (exact) mass is 363 g/mol. The number of ether oxygens (including phenoxy) is 1. The van der Waals surface area contributed by atoms with Crippen LogP contribution in [0, 0.1) is 13.8 Å².